The van der Waals surface area contributed by atoms with Gasteiger partial charge in [0.05, 0.1) is 8.95 Å². The van der Waals surface area contributed by atoms with E-state index in [0.717, 1.165) is 18.2 Å². The Kier molecular flexibility index (Phi) is 7.20. The fourth-order valence-electron chi connectivity index (χ4n) is 1.21. The molecule has 2 rings (SSSR count). The molecular weight excluding hydrogens is 462 g/mol. The summed E-state index contributed by atoms with van der Waals surface area (Å²) in [5.74, 6) is -6.47. The zero-order valence-corrected chi connectivity index (χ0v) is 13.9. The molecule has 0 saturated carbocycles. The van der Waals surface area contributed by atoms with Crippen molar-refractivity contribution in [3.63, 3.8) is 0 Å². The number of benzene rings is 2. The third kappa shape index (κ3) is 5.31. The minimum absolute atomic E-state index is 0.00259. The first kappa shape index (κ1) is 19.6. The summed E-state index contributed by atoms with van der Waals surface area (Å²) < 4.78 is 77.0. The average Bonchev–Trinajstić information content (AvgIpc) is 2.50. The molecule has 2 aromatic carbocycles. The van der Waals surface area contributed by atoms with Crippen molar-refractivity contribution < 1.29 is 36.2 Å². The maximum absolute atomic E-state index is 12.8. The Morgan fingerprint density at radius 3 is 1.74 bits per heavy atom. The van der Waals surface area contributed by atoms with E-state index in [2.05, 4.69) is 36.6 Å². The first-order chi connectivity index (χ1) is 10.6. The number of hydrogen-bond donors (Lipinski definition) is 1. The van der Waals surface area contributed by atoms with Crippen LogP contribution in [0.1, 0.15) is 0 Å². The van der Waals surface area contributed by atoms with Crippen LogP contribution in [0.25, 0.3) is 0 Å². The lowest BCUT2D eigenvalue weighted by Crippen LogP contribution is -2.04. The van der Waals surface area contributed by atoms with Gasteiger partial charge in [-0.3, -0.25) is 0 Å². The van der Waals surface area contributed by atoms with Crippen molar-refractivity contribution in [3.05, 3.63) is 56.5 Å². The van der Waals surface area contributed by atoms with E-state index in [9.17, 15) is 26.3 Å². The van der Waals surface area contributed by atoms with Gasteiger partial charge in [0.25, 0.3) is 0 Å². The predicted octanol–water partition coefficient (Wildman–Crippen LogP) is 5.76. The number of ether oxygens (including phenoxy) is 1. The van der Waals surface area contributed by atoms with Crippen molar-refractivity contribution in [1.29, 1.82) is 0 Å². The minimum Gasteiger partial charge on any atom is -0.505 e. The average molecular weight is 468 g/mol. The Bertz CT molecular complexity index is 670. The topological polar surface area (TPSA) is 29.5 Å². The molecule has 23 heavy (non-hydrogen) atoms. The van der Waals surface area contributed by atoms with Gasteiger partial charge < -0.3 is 9.84 Å². The van der Waals surface area contributed by atoms with Crippen LogP contribution in [0.3, 0.4) is 0 Å². The van der Waals surface area contributed by atoms with E-state index < -0.39 is 41.4 Å². The summed E-state index contributed by atoms with van der Waals surface area (Å²) in [5, 5.41) is 8.59. The van der Waals surface area contributed by atoms with Crippen molar-refractivity contribution in [2.75, 3.05) is 0 Å². The maximum atomic E-state index is 12.8. The number of phenols is 1. The first-order valence-electron chi connectivity index (χ1n) is 5.56. The second-order valence-corrected chi connectivity index (χ2v) is 5.46. The van der Waals surface area contributed by atoms with Gasteiger partial charge in [0.2, 0.25) is 11.6 Å². The Morgan fingerprint density at radius 2 is 1.26 bits per heavy atom. The lowest BCUT2D eigenvalue weighted by Gasteiger charge is -2.06. The van der Waals surface area contributed by atoms with Crippen LogP contribution in [-0.2, 0) is 0 Å². The van der Waals surface area contributed by atoms with Crippen LogP contribution in [0.5, 0.6) is 11.5 Å². The predicted molar refractivity (Wildman–Crippen MR) is 76.4 cm³/mol. The largest absolute Gasteiger partial charge is 0.505 e. The quantitative estimate of drug-likeness (QED) is 0.449. The Hall–Kier alpha value is -1.42. The van der Waals surface area contributed by atoms with E-state index in [-0.39, 0.29) is 8.95 Å². The van der Waals surface area contributed by atoms with Crippen molar-refractivity contribution in [1.82, 2.24) is 0 Å². The first-order valence-corrected chi connectivity index (χ1v) is 7.14. The number of alkyl halides is 2. The molecule has 0 unspecified atom stereocenters. The fourth-order valence-corrected chi connectivity index (χ4v) is 1.82. The number of hydrogen-bond acceptors (Lipinski definition) is 2. The molecule has 126 valence electrons. The van der Waals surface area contributed by atoms with Crippen molar-refractivity contribution in [2.24, 2.45) is 0 Å². The van der Waals surface area contributed by atoms with E-state index in [4.69, 9.17) is 5.11 Å². The van der Waals surface area contributed by atoms with E-state index in [1.165, 1.54) is 6.07 Å². The van der Waals surface area contributed by atoms with Crippen LogP contribution in [0.15, 0.2) is 33.2 Å². The van der Waals surface area contributed by atoms with Crippen LogP contribution in [0.4, 0.5) is 26.3 Å². The lowest BCUT2D eigenvalue weighted by atomic mass is 10.3. The standard InChI is InChI=1S/C7H3BrF4O.C6H3BrF2O/c8-3-1-2-4(13-7(11)12)6(10)5(3)9;7-3-1-2-4(10)6(9)5(3)8/h1-2,7H;1-2,10H. The second kappa shape index (κ2) is 8.44. The van der Waals surface area contributed by atoms with Crippen LogP contribution < -0.4 is 4.74 Å². The smallest absolute Gasteiger partial charge is 0.387 e. The molecule has 2 nitrogen and oxygen atoms in total. The number of rotatable bonds is 2. The highest BCUT2D eigenvalue weighted by Crippen LogP contribution is 2.27. The van der Waals surface area contributed by atoms with Gasteiger partial charge in [0, 0.05) is 0 Å². The molecular formula is C13H6Br2F6O2. The Balaban J connectivity index is 0.000000238. The van der Waals surface area contributed by atoms with Crippen LogP contribution in [0.2, 0.25) is 0 Å². The van der Waals surface area contributed by atoms with Gasteiger partial charge in [-0.05, 0) is 56.1 Å². The monoisotopic (exact) mass is 466 g/mol. The van der Waals surface area contributed by atoms with Gasteiger partial charge in [-0.15, -0.1) is 0 Å². The minimum atomic E-state index is -3.17. The molecule has 0 aliphatic carbocycles. The van der Waals surface area contributed by atoms with E-state index in [0.29, 0.717) is 0 Å². The lowest BCUT2D eigenvalue weighted by molar-refractivity contribution is -0.0525. The van der Waals surface area contributed by atoms with Crippen molar-refractivity contribution in [2.45, 2.75) is 6.61 Å². The molecule has 0 aliphatic heterocycles. The maximum Gasteiger partial charge on any atom is 0.387 e. The summed E-state index contributed by atoms with van der Waals surface area (Å²) in [4.78, 5) is 0. The third-order valence-corrected chi connectivity index (χ3v) is 3.46. The van der Waals surface area contributed by atoms with Crippen LogP contribution >= 0.6 is 31.9 Å². The van der Waals surface area contributed by atoms with E-state index in [1.54, 1.807) is 0 Å². The molecule has 0 amide bonds. The summed E-state index contributed by atoms with van der Waals surface area (Å²) in [6.45, 7) is -3.17. The molecule has 10 heteroatoms. The second-order valence-electron chi connectivity index (χ2n) is 3.75. The fraction of sp³-hybridized carbons (Fsp3) is 0.0769. The van der Waals surface area contributed by atoms with Gasteiger partial charge in [-0.1, -0.05) is 0 Å². The molecule has 0 bridgehead atoms. The van der Waals surface area contributed by atoms with Crippen molar-refractivity contribution >= 4 is 31.9 Å². The highest BCUT2D eigenvalue weighted by molar-refractivity contribution is 9.10. The number of phenolic OH excluding ortho intramolecular Hbond substituents is 1. The molecule has 0 spiro atoms. The van der Waals surface area contributed by atoms with E-state index in [1.807, 2.05) is 0 Å². The molecule has 0 radical (unpaired) electrons. The SMILES string of the molecule is Fc1c(Br)ccc(OC(F)F)c1F.Oc1ccc(Br)c(F)c1F. The van der Waals surface area contributed by atoms with Crippen molar-refractivity contribution in [3.8, 4) is 11.5 Å². The summed E-state index contributed by atoms with van der Waals surface area (Å²) in [5.41, 5.74) is 0. The normalized spacial score (nSPS) is 10.3. The summed E-state index contributed by atoms with van der Waals surface area (Å²) in [6, 6.07) is 4.29. The summed E-state index contributed by atoms with van der Waals surface area (Å²) >= 11 is 5.44. The molecule has 2 aromatic rings. The molecule has 0 heterocycles. The van der Waals surface area contributed by atoms with Gasteiger partial charge in [-0.25, -0.2) is 8.78 Å². The zero-order valence-electron chi connectivity index (χ0n) is 10.8. The summed E-state index contributed by atoms with van der Waals surface area (Å²) in [7, 11) is 0. The molecule has 0 aromatic heterocycles. The van der Waals surface area contributed by atoms with Gasteiger partial charge >= 0.3 is 6.61 Å². The van der Waals surface area contributed by atoms with Gasteiger partial charge in [0.1, 0.15) is 0 Å². The molecule has 0 aliphatic rings. The number of halogens is 8. The van der Waals surface area contributed by atoms with E-state index >= 15 is 0 Å². The van der Waals surface area contributed by atoms with Crippen LogP contribution in [0, 0.1) is 23.3 Å². The summed E-state index contributed by atoms with van der Waals surface area (Å²) in [6.07, 6.45) is 0. The zero-order chi connectivity index (χ0) is 17.7. The Labute approximate surface area is 142 Å². The third-order valence-electron chi connectivity index (χ3n) is 2.23. The Morgan fingerprint density at radius 1 is 0.783 bits per heavy atom. The van der Waals surface area contributed by atoms with Crippen LogP contribution in [-0.4, -0.2) is 11.7 Å². The molecule has 1 N–H and O–H groups in total. The highest BCUT2D eigenvalue weighted by Gasteiger charge is 2.15. The molecule has 0 fully saturated rings. The molecule has 0 atom stereocenters. The highest BCUT2D eigenvalue weighted by atomic mass is 79.9. The van der Waals surface area contributed by atoms with Gasteiger partial charge in [0.15, 0.2) is 23.1 Å². The number of aromatic hydroxyl groups is 1. The molecule has 0 saturated heterocycles. The van der Waals surface area contributed by atoms with Gasteiger partial charge in [-0.2, -0.15) is 17.6 Å².